The fraction of sp³-hybridized carbons (Fsp3) is 0.346. The van der Waals surface area contributed by atoms with Gasteiger partial charge in [0.15, 0.2) is 0 Å². The molecule has 0 fully saturated rings. The van der Waals surface area contributed by atoms with E-state index in [0.717, 1.165) is 28.3 Å². The average Bonchev–Trinajstić information content (AvgIpc) is 3.19. The van der Waals surface area contributed by atoms with Gasteiger partial charge in [-0.2, -0.15) is 0 Å². The van der Waals surface area contributed by atoms with Crippen LogP contribution >= 0.6 is 0 Å². The molecule has 1 aromatic heterocycles. The van der Waals surface area contributed by atoms with Crippen molar-refractivity contribution >= 4 is 12.2 Å². The normalized spacial score (nSPS) is 13.1. The van der Waals surface area contributed by atoms with Crippen LogP contribution in [0.1, 0.15) is 30.9 Å². The Balaban J connectivity index is 1.53. The van der Waals surface area contributed by atoms with Crippen molar-refractivity contribution in [3.8, 4) is 17.2 Å². The number of rotatable bonds is 12. The molecule has 174 valence electrons. The van der Waals surface area contributed by atoms with Crippen LogP contribution in [0.3, 0.4) is 0 Å². The molecule has 2 aromatic carbocycles. The molecular weight excluding hydrogens is 420 g/mol. The van der Waals surface area contributed by atoms with Crippen LogP contribution in [0, 0.1) is 18.8 Å². The predicted octanol–water partition coefficient (Wildman–Crippen LogP) is 5.17. The van der Waals surface area contributed by atoms with Gasteiger partial charge in [-0.15, -0.1) is 0 Å². The van der Waals surface area contributed by atoms with E-state index in [2.05, 4.69) is 10.1 Å². The molecule has 0 amide bonds. The first-order chi connectivity index (χ1) is 16.0. The van der Waals surface area contributed by atoms with Gasteiger partial charge in [-0.25, -0.2) is 4.98 Å². The van der Waals surface area contributed by atoms with Gasteiger partial charge in [0, 0.05) is 24.1 Å². The fourth-order valence-corrected chi connectivity index (χ4v) is 3.42. The van der Waals surface area contributed by atoms with E-state index in [-0.39, 0.29) is 5.92 Å². The Hall–Kier alpha value is -3.61. The second-order valence-electron chi connectivity index (χ2n) is 7.81. The smallest absolute Gasteiger partial charge is 0.307 e. The van der Waals surface area contributed by atoms with Crippen LogP contribution in [0.25, 0.3) is 11.5 Å². The van der Waals surface area contributed by atoms with Crippen molar-refractivity contribution < 1.29 is 23.9 Å². The van der Waals surface area contributed by atoms with Crippen LogP contribution in [0.15, 0.2) is 64.2 Å². The molecule has 2 unspecified atom stereocenters. The lowest BCUT2D eigenvalue weighted by Gasteiger charge is -2.16. The number of hydrogen-bond acceptors (Lipinski definition) is 6. The first-order valence-electron chi connectivity index (χ1n) is 11.1. The third-order valence-corrected chi connectivity index (χ3v) is 5.35. The molecule has 7 heteroatoms. The third kappa shape index (κ3) is 6.94. The second kappa shape index (κ2) is 11.9. The van der Waals surface area contributed by atoms with Crippen molar-refractivity contribution in [3.05, 3.63) is 71.6 Å². The molecule has 33 heavy (non-hydrogen) atoms. The highest BCUT2D eigenvalue weighted by Crippen LogP contribution is 2.23. The van der Waals surface area contributed by atoms with Crippen molar-refractivity contribution in [3.63, 3.8) is 0 Å². The molecular formula is C26H30N2O5. The Morgan fingerprint density at radius 1 is 1.18 bits per heavy atom. The molecule has 1 N–H and O–H groups in total. The summed E-state index contributed by atoms with van der Waals surface area (Å²) in [5.74, 6) is 0.423. The standard InChI is InChI=1S/C26H30N2O5/c1-4-32-27-17-18(2)23(26(29)30)16-20-10-12-22(13-11-20)31-15-14-24-19(3)33-25(28-24)21-8-6-5-7-9-21/h5-13,17-18,23H,4,14-16H2,1-3H3,(H,29,30)/b27-17+. The van der Waals surface area contributed by atoms with Gasteiger partial charge >= 0.3 is 5.97 Å². The molecule has 7 nitrogen and oxygen atoms in total. The number of oxazole rings is 1. The number of carboxylic acid groups (broad SMARTS) is 1. The van der Waals surface area contributed by atoms with Crippen molar-refractivity contribution in [2.45, 2.75) is 33.6 Å². The fourth-order valence-electron chi connectivity index (χ4n) is 3.42. The van der Waals surface area contributed by atoms with E-state index in [1.165, 1.54) is 0 Å². The Morgan fingerprint density at radius 2 is 1.91 bits per heavy atom. The third-order valence-electron chi connectivity index (χ3n) is 5.35. The number of nitrogens with zero attached hydrogens (tertiary/aromatic N) is 2. The minimum absolute atomic E-state index is 0.253. The molecule has 3 aromatic rings. The molecule has 0 saturated heterocycles. The molecule has 0 saturated carbocycles. The summed E-state index contributed by atoms with van der Waals surface area (Å²) in [4.78, 5) is 21.2. The molecule has 1 heterocycles. The number of ether oxygens (including phenoxy) is 1. The lowest BCUT2D eigenvalue weighted by molar-refractivity contribution is -0.142. The number of carboxylic acids is 1. The van der Waals surface area contributed by atoms with Gasteiger partial charge in [0.1, 0.15) is 18.1 Å². The highest BCUT2D eigenvalue weighted by Gasteiger charge is 2.24. The molecule has 3 rings (SSSR count). The summed E-state index contributed by atoms with van der Waals surface area (Å²) in [6.07, 6.45) is 2.58. The number of benzene rings is 2. The van der Waals surface area contributed by atoms with E-state index in [0.29, 0.717) is 31.9 Å². The van der Waals surface area contributed by atoms with Gasteiger partial charge in [0.25, 0.3) is 0 Å². The zero-order valence-corrected chi connectivity index (χ0v) is 19.2. The summed E-state index contributed by atoms with van der Waals surface area (Å²) in [6.45, 7) is 6.47. The summed E-state index contributed by atoms with van der Waals surface area (Å²) in [5, 5.41) is 13.4. The lowest BCUT2D eigenvalue weighted by atomic mass is 9.89. The zero-order chi connectivity index (χ0) is 23.6. The van der Waals surface area contributed by atoms with E-state index in [9.17, 15) is 9.90 Å². The molecule has 0 radical (unpaired) electrons. The summed E-state index contributed by atoms with van der Waals surface area (Å²) < 4.78 is 11.7. The molecule has 0 bridgehead atoms. The topological polar surface area (TPSA) is 94.2 Å². The Labute approximate surface area is 194 Å². The molecule has 2 atom stereocenters. The van der Waals surface area contributed by atoms with Crippen molar-refractivity contribution in [1.29, 1.82) is 0 Å². The van der Waals surface area contributed by atoms with E-state index >= 15 is 0 Å². The average molecular weight is 451 g/mol. The molecule has 0 spiro atoms. The summed E-state index contributed by atoms with van der Waals surface area (Å²) in [6, 6.07) is 17.3. The van der Waals surface area contributed by atoms with Gasteiger partial charge in [0.05, 0.1) is 18.2 Å². The highest BCUT2D eigenvalue weighted by atomic mass is 16.6. The van der Waals surface area contributed by atoms with Crippen LogP contribution in [0.5, 0.6) is 5.75 Å². The number of aromatic nitrogens is 1. The number of aliphatic carboxylic acids is 1. The van der Waals surface area contributed by atoms with E-state index in [1.54, 1.807) is 6.21 Å². The van der Waals surface area contributed by atoms with Crippen LogP contribution in [0.2, 0.25) is 0 Å². The Kier molecular flexibility index (Phi) is 8.63. The Bertz CT molecular complexity index is 1040. The highest BCUT2D eigenvalue weighted by molar-refractivity contribution is 5.76. The van der Waals surface area contributed by atoms with E-state index in [4.69, 9.17) is 14.0 Å². The minimum atomic E-state index is -0.858. The predicted molar refractivity (Wildman–Crippen MR) is 126 cm³/mol. The van der Waals surface area contributed by atoms with Crippen LogP contribution in [0.4, 0.5) is 0 Å². The van der Waals surface area contributed by atoms with Crippen LogP contribution < -0.4 is 4.74 Å². The first-order valence-corrected chi connectivity index (χ1v) is 11.1. The summed E-state index contributed by atoms with van der Waals surface area (Å²) in [5.41, 5.74) is 2.74. The SMILES string of the molecule is CCO/N=C/C(C)C(Cc1ccc(OCCc2nc(-c3ccccc3)oc2C)cc1)C(=O)O. The molecule has 0 aliphatic rings. The Morgan fingerprint density at radius 3 is 2.58 bits per heavy atom. The van der Waals surface area contributed by atoms with Crippen LogP contribution in [-0.4, -0.2) is 35.5 Å². The molecule has 0 aliphatic carbocycles. The van der Waals surface area contributed by atoms with Crippen molar-refractivity contribution in [1.82, 2.24) is 4.98 Å². The first kappa shape index (κ1) is 24.0. The number of oxime groups is 1. The van der Waals surface area contributed by atoms with Crippen molar-refractivity contribution in [2.75, 3.05) is 13.2 Å². The maximum absolute atomic E-state index is 11.7. The summed E-state index contributed by atoms with van der Waals surface area (Å²) in [7, 11) is 0. The largest absolute Gasteiger partial charge is 0.493 e. The second-order valence-corrected chi connectivity index (χ2v) is 7.81. The van der Waals surface area contributed by atoms with Gasteiger partial charge in [-0.1, -0.05) is 42.4 Å². The van der Waals surface area contributed by atoms with Crippen LogP contribution in [-0.2, 0) is 22.5 Å². The zero-order valence-electron chi connectivity index (χ0n) is 19.2. The van der Waals surface area contributed by atoms with Gasteiger partial charge in [-0.3, -0.25) is 4.79 Å². The monoisotopic (exact) mass is 450 g/mol. The minimum Gasteiger partial charge on any atom is -0.493 e. The van der Waals surface area contributed by atoms with Crippen molar-refractivity contribution in [2.24, 2.45) is 17.0 Å². The van der Waals surface area contributed by atoms with E-state index < -0.39 is 11.9 Å². The number of hydrogen-bond donors (Lipinski definition) is 1. The maximum Gasteiger partial charge on any atom is 0.307 e. The van der Waals surface area contributed by atoms with E-state index in [1.807, 2.05) is 75.4 Å². The van der Waals surface area contributed by atoms with Gasteiger partial charge in [-0.05, 0) is 50.1 Å². The lowest BCUT2D eigenvalue weighted by Crippen LogP contribution is -2.25. The quantitative estimate of drug-likeness (QED) is 0.302. The summed E-state index contributed by atoms with van der Waals surface area (Å²) >= 11 is 0. The number of aryl methyl sites for hydroxylation is 1. The maximum atomic E-state index is 11.7. The molecule has 0 aliphatic heterocycles. The number of carbonyl (C=O) groups is 1. The van der Waals surface area contributed by atoms with Gasteiger partial charge in [0.2, 0.25) is 5.89 Å². The van der Waals surface area contributed by atoms with Gasteiger partial charge < -0.3 is 19.1 Å².